The maximum Gasteiger partial charge on any atom is 0.416 e. The summed E-state index contributed by atoms with van der Waals surface area (Å²) in [5, 5.41) is 2.59. The summed E-state index contributed by atoms with van der Waals surface area (Å²) in [6, 6.07) is 9.89. The monoisotopic (exact) mass is 422 g/mol. The average molecular weight is 422 g/mol. The van der Waals surface area contributed by atoms with Crippen molar-refractivity contribution in [2.45, 2.75) is 33.1 Å². The van der Waals surface area contributed by atoms with E-state index in [-0.39, 0.29) is 29.9 Å². The second-order valence-corrected chi connectivity index (χ2v) is 6.98. The quantitative estimate of drug-likeness (QED) is 0.551. The summed E-state index contributed by atoms with van der Waals surface area (Å²) in [6.45, 7) is 3.07. The molecule has 0 aliphatic rings. The number of aryl methyl sites for hydroxylation is 2. The van der Waals surface area contributed by atoms with Crippen molar-refractivity contribution >= 4 is 5.91 Å². The van der Waals surface area contributed by atoms with Gasteiger partial charge in [0.25, 0.3) is 5.91 Å². The summed E-state index contributed by atoms with van der Waals surface area (Å²) in [4.78, 5) is 12.8. The van der Waals surface area contributed by atoms with Gasteiger partial charge in [0, 0.05) is 17.8 Å². The van der Waals surface area contributed by atoms with Gasteiger partial charge in [0.05, 0.1) is 12.1 Å². The van der Waals surface area contributed by atoms with Gasteiger partial charge in [-0.05, 0) is 55.3 Å². The largest absolute Gasteiger partial charge is 0.416 e. The number of carbonyl (C=O) groups is 1. The molecule has 1 N–H and O–H groups in total. The predicted octanol–water partition coefficient (Wildman–Crippen LogP) is 5.38. The van der Waals surface area contributed by atoms with E-state index in [1.54, 1.807) is 19.9 Å². The molecule has 2 aromatic carbocycles. The van der Waals surface area contributed by atoms with Crippen LogP contribution in [0.25, 0.3) is 0 Å². The highest BCUT2D eigenvalue weighted by Crippen LogP contribution is 2.29. The highest BCUT2D eigenvalue weighted by molar-refractivity contribution is 5.94. The van der Waals surface area contributed by atoms with Gasteiger partial charge >= 0.3 is 6.18 Å². The number of hydrogen-bond donors (Lipinski definition) is 1. The molecule has 0 atom stereocenters. The lowest BCUT2D eigenvalue weighted by Crippen LogP contribution is -2.27. The smallest absolute Gasteiger partial charge is 0.347 e. The zero-order valence-electron chi connectivity index (χ0n) is 16.3. The summed E-state index contributed by atoms with van der Waals surface area (Å²) in [5.74, 6) is -2.00. The highest BCUT2D eigenvalue weighted by Gasteiger charge is 2.30. The highest BCUT2D eigenvalue weighted by atomic mass is 19.4. The van der Waals surface area contributed by atoms with Crippen LogP contribution in [-0.2, 0) is 19.3 Å². The minimum Gasteiger partial charge on any atom is -0.347 e. The van der Waals surface area contributed by atoms with E-state index in [1.807, 2.05) is 0 Å². The van der Waals surface area contributed by atoms with Crippen molar-refractivity contribution in [3.05, 3.63) is 93.8 Å². The lowest BCUT2D eigenvalue weighted by molar-refractivity contribution is -0.137. The van der Waals surface area contributed by atoms with Gasteiger partial charge < -0.3 is 9.88 Å². The normalized spacial score (nSPS) is 11.6. The van der Waals surface area contributed by atoms with E-state index in [2.05, 4.69) is 5.32 Å². The van der Waals surface area contributed by atoms with Crippen molar-refractivity contribution in [2.24, 2.45) is 0 Å². The van der Waals surface area contributed by atoms with Crippen molar-refractivity contribution < 1.29 is 26.7 Å². The number of amides is 1. The number of carbonyl (C=O) groups excluding carboxylic acids is 1. The molecule has 0 aliphatic carbocycles. The molecule has 0 radical (unpaired) electrons. The topological polar surface area (TPSA) is 34.0 Å². The number of benzene rings is 2. The van der Waals surface area contributed by atoms with Crippen LogP contribution in [0.4, 0.5) is 22.0 Å². The Labute approximate surface area is 170 Å². The molecule has 1 aromatic heterocycles. The van der Waals surface area contributed by atoms with Crippen molar-refractivity contribution in [3.63, 3.8) is 0 Å². The fourth-order valence-electron chi connectivity index (χ4n) is 3.32. The molecule has 0 unspecified atom stereocenters. The molecule has 0 bridgehead atoms. The van der Waals surface area contributed by atoms with Crippen molar-refractivity contribution in [1.82, 2.24) is 9.88 Å². The van der Waals surface area contributed by atoms with Gasteiger partial charge in [-0.2, -0.15) is 13.2 Å². The van der Waals surface area contributed by atoms with Crippen LogP contribution < -0.4 is 5.32 Å². The molecule has 0 saturated heterocycles. The summed E-state index contributed by atoms with van der Waals surface area (Å²) >= 11 is 0. The molecule has 0 spiro atoms. The first-order valence-electron chi connectivity index (χ1n) is 9.12. The van der Waals surface area contributed by atoms with Crippen LogP contribution in [0.2, 0.25) is 0 Å². The van der Waals surface area contributed by atoms with E-state index in [4.69, 9.17) is 0 Å². The van der Waals surface area contributed by atoms with Crippen LogP contribution in [-0.4, -0.2) is 10.5 Å². The molecular weight excluding hydrogens is 403 g/mol. The molecule has 1 heterocycles. The minimum atomic E-state index is -4.48. The Morgan fingerprint density at radius 3 is 2.27 bits per heavy atom. The zero-order chi connectivity index (χ0) is 22.1. The Balaban J connectivity index is 1.84. The molecule has 0 saturated carbocycles. The molecular formula is C22H19F5N2O. The Morgan fingerprint density at radius 2 is 1.63 bits per heavy atom. The fraction of sp³-hybridized carbons (Fsp3) is 0.227. The van der Waals surface area contributed by atoms with E-state index in [1.165, 1.54) is 22.8 Å². The number of rotatable bonds is 5. The summed E-state index contributed by atoms with van der Waals surface area (Å²) < 4.78 is 68.2. The summed E-state index contributed by atoms with van der Waals surface area (Å²) in [6.07, 6.45) is -4.48. The molecule has 3 nitrogen and oxygen atoms in total. The summed E-state index contributed by atoms with van der Waals surface area (Å²) in [7, 11) is 0. The van der Waals surface area contributed by atoms with Crippen molar-refractivity contribution in [3.8, 4) is 0 Å². The van der Waals surface area contributed by atoms with Gasteiger partial charge in [0.15, 0.2) is 0 Å². The van der Waals surface area contributed by atoms with Gasteiger partial charge in [-0.3, -0.25) is 4.79 Å². The Kier molecular flexibility index (Phi) is 5.96. The molecule has 3 aromatic rings. The van der Waals surface area contributed by atoms with Gasteiger partial charge in [-0.25, -0.2) is 8.78 Å². The van der Waals surface area contributed by atoms with E-state index in [0.29, 0.717) is 11.3 Å². The number of aromatic nitrogens is 1. The molecule has 3 rings (SSSR count). The van der Waals surface area contributed by atoms with E-state index in [9.17, 15) is 26.7 Å². The first-order chi connectivity index (χ1) is 14.1. The number of alkyl halides is 3. The van der Waals surface area contributed by atoms with Crippen molar-refractivity contribution in [2.75, 3.05) is 0 Å². The predicted molar refractivity (Wildman–Crippen MR) is 102 cm³/mol. The molecule has 1 amide bonds. The fourth-order valence-corrected chi connectivity index (χ4v) is 3.32. The van der Waals surface area contributed by atoms with Crippen LogP contribution in [0.3, 0.4) is 0 Å². The SMILES string of the molecule is Cc1cc(C)n(Cc2c(F)cccc2F)c1C(=O)NCc1cccc(C(F)(F)F)c1. The van der Waals surface area contributed by atoms with Crippen molar-refractivity contribution in [1.29, 1.82) is 0 Å². The third kappa shape index (κ3) is 4.53. The molecule has 8 heteroatoms. The lowest BCUT2D eigenvalue weighted by Gasteiger charge is -2.14. The lowest BCUT2D eigenvalue weighted by atomic mass is 10.1. The van der Waals surface area contributed by atoms with E-state index >= 15 is 0 Å². The minimum absolute atomic E-state index is 0.125. The van der Waals surface area contributed by atoms with Crippen LogP contribution in [0.15, 0.2) is 48.5 Å². The maximum atomic E-state index is 14.1. The zero-order valence-corrected chi connectivity index (χ0v) is 16.3. The van der Waals surface area contributed by atoms with E-state index < -0.39 is 29.3 Å². The van der Waals surface area contributed by atoms with Gasteiger partial charge in [-0.1, -0.05) is 18.2 Å². The molecule has 158 valence electrons. The molecule has 0 fully saturated rings. The standard InChI is InChI=1S/C22H19F5N2O/c1-13-9-14(2)29(12-17-18(23)7-4-8-19(17)24)20(13)21(30)28-11-15-5-3-6-16(10-15)22(25,26)27/h3-10H,11-12H2,1-2H3,(H,28,30). The van der Waals surface area contributed by atoms with Crippen LogP contribution in [0.1, 0.15) is 38.4 Å². The van der Waals surface area contributed by atoms with Crippen LogP contribution >= 0.6 is 0 Å². The second-order valence-electron chi connectivity index (χ2n) is 6.98. The average Bonchev–Trinajstić information content (AvgIpc) is 2.95. The number of nitrogens with zero attached hydrogens (tertiary/aromatic N) is 1. The van der Waals surface area contributed by atoms with Gasteiger partial charge in [0.2, 0.25) is 0 Å². The summed E-state index contributed by atoms with van der Waals surface area (Å²) in [5.41, 5.74) is 0.709. The third-order valence-electron chi connectivity index (χ3n) is 4.79. The molecule has 30 heavy (non-hydrogen) atoms. The number of nitrogens with one attached hydrogen (secondary N) is 1. The van der Waals surface area contributed by atoms with Gasteiger partial charge in [-0.15, -0.1) is 0 Å². The maximum absolute atomic E-state index is 14.1. The first kappa shape index (κ1) is 21.5. The second kappa shape index (κ2) is 8.30. The number of halogens is 5. The van der Waals surface area contributed by atoms with Crippen LogP contribution in [0, 0.1) is 25.5 Å². The van der Waals surface area contributed by atoms with Gasteiger partial charge in [0.1, 0.15) is 17.3 Å². The molecule has 0 aliphatic heterocycles. The van der Waals surface area contributed by atoms with Crippen LogP contribution in [0.5, 0.6) is 0 Å². The number of hydrogen-bond acceptors (Lipinski definition) is 1. The van der Waals surface area contributed by atoms with E-state index in [0.717, 1.165) is 24.3 Å². The third-order valence-corrected chi connectivity index (χ3v) is 4.79. The Morgan fingerprint density at radius 1 is 1.00 bits per heavy atom. The Hall–Kier alpha value is -3.16. The first-order valence-corrected chi connectivity index (χ1v) is 9.12. The Bertz CT molecular complexity index is 1070.